The summed E-state index contributed by atoms with van der Waals surface area (Å²) in [5, 5.41) is 0. The number of benzene rings is 3. The van der Waals surface area contributed by atoms with E-state index in [0.717, 1.165) is 24.2 Å². The minimum absolute atomic E-state index is 0.198. The van der Waals surface area contributed by atoms with Crippen molar-refractivity contribution in [3.8, 4) is 5.75 Å². The molecule has 3 aromatic carbocycles. The van der Waals surface area contributed by atoms with Gasteiger partial charge in [0.15, 0.2) is 5.75 Å². The van der Waals surface area contributed by atoms with E-state index in [-0.39, 0.29) is 5.92 Å². The number of nitrogens with two attached hydrogens (primary N) is 1. The average molecular weight is 331 g/mol. The van der Waals surface area contributed by atoms with Gasteiger partial charge in [-0.1, -0.05) is 86.1 Å². The van der Waals surface area contributed by atoms with Crippen LogP contribution in [0.4, 0.5) is 0 Å². The van der Waals surface area contributed by atoms with E-state index in [1.54, 1.807) is 0 Å². The molecule has 0 heterocycles. The Bertz CT molecular complexity index is 773. The van der Waals surface area contributed by atoms with Crippen LogP contribution in [0.15, 0.2) is 72.8 Å². The minimum atomic E-state index is 0.198. The smallest absolute Gasteiger partial charge is 0.152 e. The first-order valence-electron chi connectivity index (χ1n) is 8.84. The van der Waals surface area contributed by atoms with E-state index in [4.69, 9.17) is 10.7 Å². The van der Waals surface area contributed by atoms with E-state index in [0.29, 0.717) is 0 Å². The zero-order valence-corrected chi connectivity index (χ0v) is 14.9. The lowest BCUT2D eigenvalue weighted by atomic mass is 9.83. The lowest BCUT2D eigenvalue weighted by Crippen LogP contribution is -2.09. The molecule has 25 heavy (non-hydrogen) atoms. The predicted molar refractivity (Wildman–Crippen MR) is 104 cm³/mol. The van der Waals surface area contributed by atoms with Gasteiger partial charge in [0.25, 0.3) is 0 Å². The van der Waals surface area contributed by atoms with E-state index in [2.05, 4.69) is 86.6 Å². The zero-order chi connectivity index (χ0) is 17.6. The molecule has 2 heteroatoms. The fraction of sp³-hybridized carbons (Fsp3) is 0.217. The Morgan fingerprint density at radius 3 is 1.88 bits per heavy atom. The van der Waals surface area contributed by atoms with Crippen molar-refractivity contribution in [1.82, 2.24) is 0 Å². The van der Waals surface area contributed by atoms with Crippen LogP contribution in [0.2, 0.25) is 0 Å². The molecule has 0 unspecified atom stereocenters. The molecule has 2 N–H and O–H groups in total. The van der Waals surface area contributed by atoms with Crippen LogP contribution in [0, 0.1) is 6.92 Å². The maximum absolute atomic E-state index is 5.53. The van der Waals surface area contributed by atoms with Crippen LogP contribution in [0.3, 0.4) is 0 Å². The van der Waals surface area contributed by atoms with Crippen LogP contribution in [-0.2, 0) is 6.42 Å². The number of aryl methyl sites for hydroxylation is 2. The van der Waals surface area contributed by atoms with Crippen LogP contribution in [0.5, 0.6) is 5.75 Å². The lowest BCUT2D eigenvalue weighted by Gasteiger charge is -2.21. The summed E-state index contributed by atoms with van der Waals surface area (Å²) in [6.45, 7) is 4.24. The standard InChI is InChI=1S/C23H25NO/c1-3-10-20-16-21(15-17(2)23(20)25-24)22(18-11-6-4-7-12-18)19-13-8-5-9-14-19/h4-9,11-16,22H,3,10,24H2,1-2H3. The van der Waals surface area contributed by atoms with Crippen molar-refractivity contribution in [2.75, 3.05) is 0 Å². The molecule has 0 radical (unpaired) electrons. The van der Waals surface area contributed by atoms with E-state index in [1.165, 1.54) is 22.3 Å². The normalized spacial score (nSPS) is 10.9. The maximum Gasteiger partial charge on any atom is 0.152 e. The van der Waals surface area contributed by atoms with Crippen molar-refractivity contribution in [2.45, 2.75) is 32.6 Å². The zero-order valence-electron chi connectivity index (χ0n) is 14.9. The largest absolute Gasteiger partial charge is 0.411 e. The second-order valence-electron chi connectivity index (χ2n) is 6.45. The van der Waals surface area contributed by atoms with Gasteiger partial charge >= 0.3 is 0 Å². The second kappa shape index (κ2) is 8.00. The molecule has 3 aromatic rings. The van der Waals surface area contributed by atoms with Crippen molar-refractivity contribution in [1.29, 1.82) is 0 Å². The Labute approximate surface area is 150 Å². The van der Waals surface area contributed by atoms with Gasteiger partial charge in [-0.15, -0.1) is 0 Å². The molecule has 0 aliphatic carbocycles. The molecule has 0 bridgehead atoms. The molecule has 3 rings (SSSR count). The van der Waals surface area contributed by atoms with Gasteiger partial charge in [-0.05, 0) is 41.2 Å². The Balaban J connectivity index is 2.17. The third-order valence-corrected chi connectivity index (χ3v) is 4.61. The molecule has 0 saturated carbocycles. The van der Waals surface area contributed by atoms with Gasteiger partial charge in [-0.2, -0.15) is 5.90 Å². The molecule has 0 spiro atoms. The summed E-state index contributed by atoms with van der Waals surface area (Å²) < 4.78 is 0. The van der Waals surface area contributed by atoms with Crippen molar-refractivity contribution in [2.24, 2.45) is 5.90 Å². The molecule has 2 nitrogen and oxygen atoms in total. The summed E-state index contributed by atoms with van der Waals surface area (Å²) in [7, 11) is 0. The van der Waals surface area contributed by atoms with Crippen molar-refractivity contribution < 1.29 is 4.84 Å². The third kappa shape index (κ3) is 3.75. The van der Waals surface area contributed by atoms with Crippen LogP contribution >= 0.6 is 0 Å². The summed E-state index contributed by atoms with van der Waals surface area (Å²) >= 11 is 0. The van der Waals surface area contributed by atoms with Gasteiger partial charge in [0.05, 0.1) is 0 Å². The monoisotopic (exact) mass is 331 g/mol. The third-order valence-electron chi connectivity index (χ3n) is 4.61. The molecule has 0 saturated heterocycles. The van der Waals surface area contributed by atoms with E-state index in [9.17, 15) is 0 Å². The van der Waals surface area contributed by atoms with Crippen molar-refractivity contribution in [3.05, 3.63) is 101 Å². The summed E-state index contributed by atoms with van der Waals surface area (Å²) in [6.07, 6.45) is 2.01. The molecule has 128 valence electrons. The highest BCUT2D eigenvalue weighted by Gasteiger charge is 2.19. The summed E-state index contributed by atoms with van der Waals surface area (Å²) in [6, 6.07) is 25.7. The highest BCUT2D eigenvalue weighted by atomic mass is 16.6. The first-order valence-corrected chi connectivity index (χ1v) is 8.84. The first-order chi connectivity index (χ1) is 12.2. The SMILES string of the molecule is CCCc1cc(C(c2ccccc2)c2ccccc2)cc(C)c1ON. The summed E-state index contributed by atoms with van der Waals surface area (Å²) in [5.41, 5.74) is 6.12. The van der Waals surface area contributed by atoms with Crippen molar-refractivity contribution in [3.63, 3.8) is 0 Å². The van der Waals surface area contributed by atoms with E-state index in [1.807, 2.05) is 0 Å². The number of hydrogen-bond acceptors (Lipinski definition) is 2. The second-order valence-corrected chi connectivity index (χ2v) is 6.45. The molecule has 0 amide bonds. The molecule has 0 aromatic heterocycles. The highest BCUT2D eigenvalue weighted by Crippen LogP contribution is 2.36. The Morgan fingerprint density at radius 1 is 0.840 bits per heavy atom. The van der Waals surface area contributed by atoms with Gasteiger partial charge in [0, 0.05) is 5.92 Å². The fourth-order valence-electron chi connectivity index (χ4n) is 3.54. The number of rotatable bonds is 6. The average Bonchev–Trinajstić information content (AvgIpc) is 2.64. The minimum Gasteiger partial charge on any atom is -0.411 e. The van der Waals surface area contributed by atoms with Crippen LogP contribution in [0.25, 0.3) is 0 Å². The number of hydrogen-bond donors (Lipinski definition) is 1. The van der Waals surface area contributed by atoms with E-state index >= 15 is 0 Å². The van der Waals surface area contributed by atoms with Gasteiger partial charge in [0.1, 0.15) is 0 Å². The first kappa shape index (κ1) is 17.2. The Hall–Kier alpha value is -2.58. The van der Waals surface area contributed by atoms with Gasteiger partial charge in [-0.3, -0.25) is 0 Å². The summed E-state index contributed by atoms with van der Waals surface area (Å²) in [4.78, 5) is 5.17. The maximum atomic E-state index is 5.53. The Kier molecular flexibility index (Phi) is 5.52. The lowest BCUT2D eigenvalue weighted by molar-refractivity contribution is 0.328. The van der Waals surface area contributed by atoms with Gasteiger partial charge in [-0.25, -0.2) is 0 Å². The topological polar surface area (TPSA) is 35.2 Å². The van der Waals surface area contributed by atoms with E-state index < -0.39 is 0 Å². The van der Waals surface area contributed by atoms with Gasteiger partial charge < -0.3 is 4.84 Å². The molecular weight excluding hydrogens is 306 g/mol. The Morgan fingerprint density at radius 2 is 1.40 bits per heavy atom. The van der Waals surface area contributed by atoms with Crippen LogP contribution < -0.4 is 10.7 Å². The fourth-order valence-corrected chi connectivity index (χ4v) is 3.54. The quantitative estimate of drug-likeness (QED) is 0.486. The van der Waals surface area contributed by atoms with Crippen molar-refractivity contribution >= 4 is 0 Å². The van der Waals surface area contributed by atoms with Crippen LogP contribution in [0.1, 0.15) is 47.1 Å². The summed E-state index contributed by atoms with van der Waals surface area (Å²) in [5.74, 6) is 6.54. The predicted octanol–water partition coefficient (Wildman–Crippen LogP) is 5.38. The van der Waals surface area contributed by atoms with Crippen LogP contribution in [-0.4, -0.2) is 0 Å². The molecule has 0 fully saturated rings. The molecule has 0 aliphatic rings. The molecule has 0 atom stereocenters. The molecule has 0 aliphatic heterocycles. The highest BCUT2D eigenvalue weighted by molar-refractivity contribution is 5.50. The molecular formula is C23H25NO. The van der Waals surface area contributed by atoms with Gasteiger partial charge in [0.2, 0.25) is 0 Å².